The van der Waals surface area contributed by atoms with E-state index in [-0.39, 0.29) is 12.1 Å². The maximum Gasteiger partial charge on any atom is 0.0897 e. The summed E-state index contributed by atoms with van der Waals surface area (Å²) >= 11 is 0. The zero-order valence-electron chi connectivity index (χ0n) is 11.1. The number of β-amino-alcohol motifs (C(OH)–C–C–N with tert-alkyl or cyclic N) is 1. The average Bonchev–Trinajstić information content (AvgIpc) is 2.37. The van der Waals surface area contributed by atoms with Gasteiger partial charge in [0.15, 0.2) is 0 Å². The van der Waals surface area contributed by atoms with Crippen molar-refractivity contribution in [3.63, 3.8) is 0 Å². The van der Waals surface area contributed by atoms with Crippen molar-refractivity contribution < 1.29 is 14.9 Å². The molecule has 0 radical (unpaired) electrons. The number of hydrogen-bond donors (Lipinski definition) is 3. The fourth-order valence-electron chi connectivity index (χ4n) is 2.67. The molecule has 1 rings (SSSR count). The Hall–Kier alpha value is -0.160. The molecule has 0 aliphatic heterocycles. The second-order valence-electron chi connectivity index (χ2n) is 5.40. The van der Waals surface area contributed by atoms with Crippen molar-refractivity contribution >= 4 is 0 Å². The number of methoxy groups -OCH3 is 1. The highest BCUT2D eigenvalue weighted by molar-refractivity contribution is 4.91. The van der Waals surface area contributed by atoms with Crippen LogP contribution in [0, 0.1) is 5.92 Å². The summed E-state index contributed by atoms with van der Waals surface area (Å²) in [6.07, 6.45) is 5.65. The first-order valence-corrected chi connectivity index (χ1v) is 6.65. The molecule has 4 heteroatoms. The van der Waals surface area contributed by atoms with E-state index in [0.717, 1.165) is 0 Å². The van der Waals surface area contributed by atoms with Crippen LogP contribution in [-0.4, -0.2) is 48.7 Å². The Morgan fingerprint density at radius 1 is 1.35 bits per heavy atom. The van der Waals surface area contributed by atoms with Gasteiger partial charge in [-0.2, -0.15) is 0 Å². The average molecular weight is 245 g/mol. The van der Waals surface area contributed by atoms with Crippen LogP contribution in [-0.2, 0) is 4.74 Å². The number of aliphatic hydroxyl groups is 2. The Bertz CT molecular complexity index is 207. The molecule has 0 amide bonds. The van der Waals surface area contributed by atoms with Gasteiger partial charge in [0.25, 0.3) is 0 Å². The van der Waals surface area contributed by atoms with E-state index in [9.17, 15) is 10.2 Å². The van der Waals surface area contributed by atoms with Gasteiger partial charge in [0.05, 0.1) is 19.3 Å². The molecule has 3 N–H and O–H groups in total. The molecule has 102 valence electrons. The molecule has 0 aromatic rings. The second kappa shape index (κ2) is 7.31. The minimum atomic E-state index is -0.505. The van der Waals surface area contributed by atoms with Crippen molar-refractivity contribution in [1.82, 2.24) is 5.32 Å². The number of aliphatic hydroxyl groups excluding tert-OH is 2. The third kappa shape index (κ3) is 4.54. The highest BCUT2D eigenvalue weighted by Gasteiger charge is 2.34. The van der Waals surface area contributed by atoms with Gasteiger partial charge in [-0.1, -0.05) is 19.3 Å². The van der Waals surface area contributed by atoms with Crippen molar-refractivity contribution in [2.75, 3.05) is 26.9 Å². The summed E-state index contributed by atoms with van der Waals surface area (Å²) < 4.78 is 4.90. The molecule has 0 aromatic heterocycles. The molecular weight excluding hydrogens is 218 g/mol. The number of ether oxygens (including phenoxy) is 1. The summed E-state index contributed by atoms with van der Waals surface area (Å²) in [6.45, 7) is 2.99. The van der Waals surface area contributed by atoms with Gasteiger partial charge in [0.2, 0.25) is 0 Å². The molecule has 1 aliphatic carbocycles. The van der Waals surface area contributed by atoms with Crippen LogP contribution < -0.4 is 5.32 Å². The Balaban J connectivity index is 2.43. The molecule has 2 atom stereocenters. The third-order valence-electron chi connectivity index (χ3n) is 3.94. The third-order valence-corrected chi connectivity index (χ3v) is 3.94. The molecule has 0 unspecified atom stereocenters. The van der Waals surface area contributed by atoms with Crippen molar-refractivity contribution in [2.45, 2.75) is 50.7 Å². The van der Waals surface area contributed by atoms with E-state index in [1.807, 2.05) is 0 Å². The summed E-state index contributed by atoms with van der Waals surface area (Å²) in [5, 5.41) is 22.6. The van der Waals surface area contributed by atoms with Crippen LogP contribution in [0.25, 0.3) is 0 Å². The quantitative estimate of drug-likeness (QED) is 0.624. The van der Waals surface area contributed by atoms with Crippen LogP contribution in [0.15, 0.2) is 0 Å². The summed E-state index contributed by atoms with van der Waals surface area (Å²) in [6, 6.07) is 0. The van der Waals surface area contributed by atoms with E-state index in [1.54, 1.807) is 7.11 Å². The van der Waals surface area contributed by atoms with Gasteiger partial charge in [0, 0.05) is 19.2 Å². The van der Waals surface area contributed by atoms with E-state index in [0.29, 0.717) is 19.1 Å². The fourth-order valence-corrected chi connectivity index (χ4v) is 2.67. The topological polar surface area (TPSA) is 61.7 Å². The van der Waals surface area contributed by atoms with E-state index in [1.165, 1.54) is 32.1 Å². The minimum absolute atomic E-state index is 0.122. The molecule has 0 aromatic carbocycles. The molecular formula is C13H27NO3. The minimum Gasteiger partial charge on any atom is -0.394 e. The first kappa shape index (κ1) is 14.9. The lowest BCUT2D eigenvalue weighted by molar-refractivity contribution is 0.0401. The Kier molecular flexibility index (Phi) is 6.41. The molecule has 0 spiro atoms. The monoisotopic (exact) mass is 245 g/mol. The molecule has 0 saturated heterocycles. The smallest absolute Gasteiger partial charge is 0.0897 e. The molecule has 0 bridgehead atoms. The van der Waals surface area contributed by atoms with Crippen molar-refractivity contribution in [3.05, 3.63) is 0 Å². The Morgan fingerprint density at radius 3 is 2.53 bits per heavy atom. The molecule has 4 nitrogen and oxygen atoms in total. The zero-order valence-corrected chi connectivity index (χ0v) is 11.1. The van der Waals surface area contributed by atoms with Crippen LogP contribution in [0.3, 0.4) is 0 Å². The van der Waals surface area contributed by atoms with E-state index in [4.69, 9.17) is 4.74 Å². The number of nitrogens with one attached hydrogen (secondary N) is 1. The first-order chi connectivity index (χ1) is 8.12. The largest absolute Gasteiger partial charge is 0.394 e. The van der Waals surface area contributed by atoms with Crippen LogP contribution in [0.5, 0.6) is 0 Å². The van der Waals surface area contributed by atoms with E-state index >= 15 is 0 Å². The lowest BCUT2D eigenvalue weighted by Gasteiger charge is -2.40. The Labute approximate surface area is 104 Å². The molecule has 0 heterocycles. The van der Waals surface area contributed by atoms with Crippen molar-refractivity contribution in [1.29, 1.82) is 0 Å². The molecule has 1 saturated carbocycles. The zero-order chi connectivity index (χ0) is 12.7. The van der Waals surface area contributed by atoms with Crippen LogP contribution in [0.4, 0.5) is 0 Å². The maximum absolute atomic E-state index is 9.64. The van der Waals surface area contributed by atoms with Gasteiger partial charge >= 0.3 is 0 Å². The predicted octanol–water partition coefficient (Wildman–Crippen LogP) is 0.915. The van der Waals surface area contributed by atoms with E-state index < -0.39 is 6.10 Å². The van der Waals surface area contributed by atoms with Gasteiger partial charge in [-0.15, -0.1) is 0 Å². The van der Waals surface area contributed by atoms with Gasteiger partial charge in [-0.05, 0) is 25.7 Å². The second-order valence-corrected chi connectivity index (χ2v) is 5.40. The van der Waals surface area contributed by atoms with Crippen molar-refractivity contribution in [3.8, 4) is 0 Å². The lowest BCUT2D eigenvalue weighted by Crippen LogP contribution is -2.54. The summed E-state index contributed by atoms with van der Waals surface area (Å²) in [5.74, 6) is 0.510. The molecule has 17 heavy (non-hydrogen) atoms. The first-order valence-electron chi connectivity index (χ1n) is 6.65. The van der Waals surface area contributed by atoms with Crippen LogP contribution in [0.2, 0.25) is 0 Å². The number of rotatable bonds is 7. The van der Waals surface area contributed by atoms with Crippen LogP contribution in [0.1, 0.15) is 39.0 Å². The maximum atomic E-state index is 9.64. The summed E-state index contributed by atoms with van der Waals surface area (Å²) in [5.41, 5.74) is -0.269. The van der Waals surface area contributed by atoms with Crippen molar-refractivity contribution in [2.24, 2.45) is 5.92 Å². The highest BCUT2D eigenvalue weighted by Crippen LogP contribution is 2.32. The normalized spacial score (nSPS) is 23.3. The van der Waals surface area contributed by atoms with Gasteiger partial charge < -0.3 is 20.3 Å². The highest BCUT2D eigenvalue weighted by atomic mass is 16.5. The van der Waals surface area contributed by atoms with Gasteiger partial charge in [-0.3, -0.25) is 0 Å². The number of hydrogen-bond acceptors (Lipinski definition) is 4. The summed E-state index contributed by atoms with van der Waals surface area (Å²) in [4.78, 5) is 0. The standard InChI is InChI=1S/C13H27NO3/c1-13(10-15,11-6-4-3-5-7-11)14-8-12(16)9-17-2/h11-12,14-16H,3-10H2,1-2H3/t12-,13-/m1/s1. The summed E-state index contributed by atoms with van der Waals surface area (Å²) in [7, 11) is 1.58. The van der Waals surface area contributed by atoms with E-state index in [2.05, 4.69) is 12.2 Å². The molecule has 1 aliphatic rings. The van der Waals surface area contributed by atoms with Crippen LogP contribution >= 0.6 is 0 Å². The predicted molar refractivity (Wildman–Crippen MR) is 68.0 cm³/mol. The fraction of sp³-hybridized carbons (Fsp3) is 1.00. The lowest BCUT2D eigenvalue weighted by atomic mass is 9.76. The van der Waals surface area contributed by atoms with Gasteiger partial charge in [0.1, 0.15) is 0 Å². The molecule has 1 fully saturated rings. The van der Waals surface area contributed by atoms with Gasteiger partial charge in [-0.25, -0.2) is 0 Å². The SMILES string of the molecule is COC[C@H](O)CN[C@](C)(CO)C1CCCCC1. The Morgan fingerprint density at radius 2 is 2.00 bits per heavy atom.